The summed E-state index contributed by atoms with van der Waals surface area (Å²) in [6, 6.07) is 4.20. The van der Waals surface area contributed by atoms with Gasteiger partial charge in [-0.3, -0.25) is 4.72 Å². The van der Waals surface area contributed by atoms with Crippen molar-refractivity contribution in [3.8, 4) is 0 Å². The highest BCUT2D eigenvalue weighted by Crippen LogP contribution is 2.33. The van der Waals surface area contributed by atoms with Crippen LogP contribution in [0.15, 0.2) is 28.5 Å². The molecule has 0 unspecified atom stereocenters. The van der Waals surface area contributed by atoms with E-state index in [0.717, 1.165) is 11.3 Å². The molecule has 0 atom stereocenters. The average Bonchev–Trinajstić information content (AvgIpc) is 2.74. The number of carboxylic acids is 1. The molecule has 1 aromatic heterocycles. The number of nitrogens with one attached hydrogen (secondary N) is 1. The first-order chi connectivity index (χ1) is 9.74. The largest absolute Gasteiger partial charge is 0.477 e. The maximum Gasteiger partial charge on any atom is 0.348 e. The Morgan fingerprint density at radius 1 is 1.33 bits per heavy atom. The summed E-state index contributed by atoms with van der Waals surface area (Å²) in [5.74, 6) is -1.21. The quantitative estimate of drug-likeness (QED) is 0.861. The summed E-state index contributed by atoms with van der Waals surface area (Å²) in [4.78, 5) is 10.8. The van der Waals surface area contributed by atoms with E-state index in [9.17, 15) is 13.2 Å². The van der Waals surface area contributed by atoms with Crippen molar-refractivity contribution in [2.24, 2.45) is 0 Å². The van der Waals surface area contributed by atoms with Gasteiger partial charge < -0.3 is 5.11 Å². The number of thiophene rings is 1. The van der Waals surface area contributed by atoms with E-state index in [0.29, 0.717) is 5.56 Å². The highest BCUT2D eigenvalue weighted by molar-refractivity contribution is 7.92. The molecule has 0 amide bonds. The molecule has 0 radical (unpaired) electrons. The van der Waals surface area contributed by atoms with Crippen molar-refractivity contribution < 1.29 is 18.3 Å². The number of anilines is 1. The van der Waals surface area contributed by atoms with Crippen molar-refractivity contribution in [2.75, 3.05) is 4.72 Å². The Labute approximate surface area is 135 Å². The van der Waals surface area contributed by atoms with Gasteiger partial charge >= 0.3 is 5.97 Å². The molecule has 5 nitrogen and oxygen atoms in total. The lowest BCUT2D eigenvalue weighted by Crippen LogP contribution is -2.15. The molecule has 2 aromatic rings. The maximum atomic E-state index is 12.4. The van der Waals surface area contributed by atoms with Crippen LogP contribution < -0.4 is 4.72 Å². The van der Waals surface area contributed by atoms with Crippen LogP contribution in [-0.4, -0.2) is 19.5 Å². The van der Waals surface area contributed by atoms with Crippen molar-refractivity contribution in [3.63, 3.8) is 0 Å². The van der Waals surface area contributed by atoms with Crippen molar-refractivity contribution in [1.82, 2.24) is 0 Å². The number of aryl methyl sites for hydroxylation is 1. The van der Waals surface area contributed by atoms with E-state index in [1.54, 1.807) is 12.3 Å². The fraction of sp³-hybridized carbons (Fsp3) is 0.0833. The molecule has 1 heterocycles. The maximum absolute atomic E-state index is 12.4. The molecular weight excluding hydrogens is 357 g/mol. The molecule has 2 N–H and O–H groups in total. The summed E-state index contributed by atoms with van der Waals surface area (Å²) in [6.07, 6.45) is 0. The molecular formula is C12H9Cl2NO4S2. The Kier molecular flexibility index (Phi) is 4.48. The van der Waals surface area contributed by atoms with Crippen LogP contribution in [0.2, 0.25) is 10.0 Å². The lowest BCUT2D eigenvalue weighted by molar-refractivity contribution is 0.0703. The third-order valence-electron chi connectivity index (χ3n) is 2.61. The molecule has 112 valence electrons. The predicted octanol–water partition coefficient (Wildman–Crippen LogP) is 3.86. The van der Waals surface area contributed by atoms with Gasteiger partial charge in [0.15, 0.2) is 0 Å². The van der Waals surface area contributed by atoms with Crippen molar-refractivity contribution in [1.29, 1.82) is 0 Å². The third kappa shape index (κ3) is 3.16. The number of hydrogen-bond donors (Lipinski definition) is 2. The molecule has 0 aliphatic heterocycles. The SMILES string of the molecule is Cc1csc(C(=O)O)c1NS(=O)(=O)c1cccc(Cl)c1Cl. The number of carbonyl (C=O) groups is 1. The summed E-state index contributed by atoms with van der Waals surface area (Å²) in [7, 11) is -4.04. The Morgan fingerprint density at radius 2 is 2.00 bits per heavy atom. The van der Waals surface area contributed by atoms with Gasteiger partial charge in [0.1, 0.15) is 9.77 Å². The van der Waals surface area contributed by atoms with E-state index in [4.69, 9.17) is 28.3 Å². The molecule has 0 fully saturated rings. The molecule has 0 aliphatic rings. The summed E-state index contributed by atoms with van der Waals surface area (Å²) >= 11 is 12.6. The van der Waals surface area contributed by atoms with Gasteiger partial charge in [0.2, 0.25) is 0 Å². The van der Waals surface area contributed by atoms with E-state index in [2.05, 4.69) is 4.72 Å². The minimum atomic E-state index is -4.04. The smallest absolute Gasteiger partial charge is 0.348 e. The number of hydrogen-bond acceptors (Lipinski definition) is 4. The number of aromatic carboxylic acids is 1. The number of rotatable bonds is 4. The van der Waals surface area contributed by atoms with Crippen LogP contribution in [0, 0.1) is 6.92 Å². The summed E-state index contributed by atoms with van der Waals surface area (Å²) < 4.78 is 27.0. The van der Waals surface area contributed by atoms with Crippen LogP contribution in [0.1, 0.15) is 15.2 Å². The van der Waals surface area contributed by atoms with Crippen LogP contribution in [0.4, 0.5) is 5.69 Å². The zero-order valence-corrected chi connectivity index (χ0v) is 13.7. The van der Waals surface area contributed by atoms with Gasteiger partial charge in [-0.05, 0) is 30.0 Å². The molecule has 1 aromatic carbocycles. The number of sulfonamides is 1. The Morgan fingerprint density at radius 3 is 2.62 bits per heavy atom. The molecule has 2 rings (SSSR count). The predicted molar refractivity (Wildman–Crippen MR) is 83.3 cm³/mol. The highest BCUT2D eigenvalue weighted by atomic mass is 35.5. The normalized spacial score (nSPS) is 11.4. The molecule has 0 saturated heterocycles. The lowest BCUT2D eigenvalue weighted by Gasteiger charge is -2.11. The highest BCUT2D eigenvalue weighted by Gasteiger charge is 2.24. The number of benzene rings is 1. The van der Waals surface area contributed by atoms with Gasteiger partial charge in [0, 0.05) is 0 Å². The van der Waals surface area contributed by atoms with E-state index in [-0.39, 0.29) is 25.5 Å². The van der Waals surface area contributed by atoms with Crippen LogP contribution in [0.5, 0.6) is 0 Å². The van der Waals surface area contributed by atoms with Gasteiger partial charge in [-0.1, -0.05) is 29.3 Å². The zero-order valence-electron chi connectivity index (χ0n) is 10.6. The Bertz CT molecular complexity index is 815. The second-order valence-electron chi connectivity index (χ2n) is 4.09. The van der Waals surface area contributed by atoms with Crippen LogP contribution >= 0.6 is 34.5 Å². The molecule has 0 spiro atoms. The molecule has 0 bridgehead atoms. The zero-order chi connectivity index (χ0) is 15.8. The van der Waals surface area contributed by atoms with Gasteiger partial charge in [0.05, 0.1) is 15.7 Å². The lowest BCUT2D eigenvalue weighted by atomic mass is 10.3. The number of halogens is 2. The van der Waals surface area contributed by atoms with Crippen LogP contribution in [0.25, 0.3) is 0 Å². The van der Waals surface area contributed by atoms with Crippen molar-refractivity contribution in [3.05, 3.63) is 44.1 Å². The minimum absolute atomic E-state index is 0.0311. The molecule has 21 heavy (non-hydrogen) atoms. The van der Waals surface area contributed by atoms with Gasteiger partial charge in [0.25, 0.3) is 10.0 Å². The van der Waals surface area contributed by atoms with E-state index in [1.165, 1.54) is 18.2 Å². The van der Waals surface area contributed by atoms with E-state index in [1.807, 2.05) is 0 Å². The van der Waals surface area contributed by atoms with Crippen molar-refractivity contribution >= 4 is 56.2 Å². The summed E-state index contributed by atoms with van der Waals surface area (Å²) in [5.41, 5.74) is 0.544. The molecule has 0 saturated carbocycles. The summed E-state index contributed by atoms with van der Waals surface area (Å²) in [6.45, 7) is 1.61. The first-order valence-corrected chi connectivity index (χ1v) is 8.64. The Hall–Kier alpha value is -1.28. The van der Waals surface area contributed by atoms with Crippen molar-refractivity contribution in [2.45, 2.75) is 11.8 Å². The number of carboxylic acid groups (broad SMARTS) is 1. The van der Waals surface area contributed by atoms with E-state index < -0.39 is 16.0 Å². The average molecular weight is 366 g/mol. The second kappa shape index (κ2) is 5.84. The fourth-order valence-electron chi connectivity index (χ4n) is 1.61. The molecule has 0 aliphatic carbocycles. The summed E-state index contributed by atoms with van der Waals surface area (Å²) in [5, 5.41) is 10.6. The van der Waals surface area contributed by atoms with Crippen LogP contribution in [-0.2, 0) is 10.0 Å². The first kappa shape index (κ1) is 16.1. The fourth-order valence-corrected chi connectivity index (χ4v) is 4.42. The Balaban J connectivity index is 2.50. The standard InChI is InChI=1S/C12H9Cl2NO4S2/c1-6-5-20-11(12(16)17)10(6)15-21(18,19)8-4-2-3-7(13)9(8)14/h2-5,15H,1H3,(H,16,17). The van der Waals surface area contributed by atoms with Crippen LogP contribution in [0.3, 0.4) is 0 Å². The van der Waals surface area contributed by atoms with Gasteiger partial charge in [-0.2, -0.15) is 0 Å². The second-order valence-corrected chi connectivity index (χ2v) is 7.40. The van der Waals surface area contributed by atoms with E-state index >= 15 is 0 Å². The van der Waals surface area contributed by atoms with Gasteiger partial charge in [-0.25, -0.2) is 13.2 Å². The minimum Gasteiger partial charge on any atom is -0.477 e. The van der Waals surface area contributed by atoms with Gasteiger partial charge in [-0.15, -0.1) is 11.3 Å². The molecule has 9 heteroatoms. The first-order valence-electron chi connectivity index (χ1n) is 5.52. The third-order valence-corrected chi connectivity index (χ3v) is 6.02. The monoisotopic (exact) mass is 365 g/mol. The topological polar surface area (TPSA) is 83.5 Å².